The van der Waals surface area contributed by atoms with Crippen LogP contribution in [0.4, 0.5) is 0 Å². The molecule has 2 aromatic rings. The lowest BCUT2D eigenvalue weighted by Gasteiger charge is -2.17. The third kappa shape index (κ3) is 4.68. The van der Waals surface area contributed by atoms with Gasteiger partial charge in [-0.15, -0.1) is 11.3 Å². The number of esters is 1. The summed E-state index contributed by atoms with van der Waals surface area (Å²) in [7, 11) is -2.71. The molecular weight excluding hydrogens is 381 g/mol. The maximum atomic E-state index is 12.6. The lowest BCUT2D eigenvalue weighted by Crippen LogP contribution is -2.30. The lowest BCUT2D eigenvalue weighted by atomic mass is 10.2. The van der Waals surface area contributed by atoms with E-state index in [1.54, 1.807) is 17.5 Å². The molecule has 0 spiro atoms. The fraction of sp³-hybridized carbons (Fsp3) is 0.214. The van der Waals surface area contributed by atoms with Crippen molar-refractivity contribution in [1.29, 1.82) is 0 Å². The first-order valence-corrected chi connectivity index (χ1v) is 9.53. The Morgan fingerprint density at radius 2 is 2.09 bits per heavy atom. The number of hydrogen-bond acceptors (Lipinski definition) is 5. The largest absolute Gasteiger partial charge is 0.469 e. The van der Waals surface area contributed by atoms with Crippen LogP contribution in [0.25, 0.3) is 0 Å². The summed E-state index contributed by atoms with van der Waals surface area (Å²) in [5.41, 5.74) is 0. The third-order valence-electron chi connectivity index (χ3n) is 2.97. The Balaban J connectivity index is 2.34. The van der Waals surface area contributed by atoms with E-state index >= 15 is 0 Å². The molecule has 0 aliphatic heterocycles. The van der Waals surface area contributed by atoms with Gasteiger partial charge < -0.3 is 4.74 Å². The number of carbonyl (C=O) groups excluding carboxylic acids is 1. The molecule has 2 rings (SSSR count). The minimum absolute atomic E-state index is 0.0462. The number of nitrogens with one attached hydrogen (secondary N) is 1. The summed E-state index contributed by atoms with van der Waals surface area (Å²) in [6.45, 7) is 0. The molecule has 0 aliphatic carbocycles. The van der Waals surface area contributed by atoms with E-state index in [-0.39, 0.29) is 21.4 Å². The highest BCUT2D eigenvalue weighted by molar-refractivity contribution is 7.89. The van der Waals surface area contributed by atoms with Crippen LogP contribution in [0.1, 0.15) is 17.3 Å². The number of benzene rings is 1. The van der Waals surface area contributed by atoms with Gasteiger partial charge in [-0.2, -0.15) is 0 Å². The second-order valence-electron chi connectivity index (χ2n) is 4.54. The average molecular weight is 394 g/mol. The van der Waals surface area contributed by atoms with Crippen molar-refractivity contribution in [2.24, 2.45) is 0 Å². The van der Waals surface area contributed by atoms with E-state index in [1.807, 2.05) is 0 Å². The van der Waals surface area contributed by atoms with Crippen molar-refractivity contribution in [2.45, 2.75) is 17.4 Å². The van der Waals surface area contributed by atoms with Crippen molar-refractivity contribution >= 4 is 50.5 Å². The summed E-state index contributed by atoms with van der Waals surface area (Å²) in [5.74, 6) is -0.525. The standard InChI is InChI=1S/C14H13Cl2NO4S2/c1-21-14(18)8-11(12-3-2-6-22-12)17-23(19,20)13-7-9(15)4-5-10(13)16/h2-7,11,17H,8H2,1H3. The Hall–Kier alpha value is -1.12. The summed E-state index contributed by atoms with van der Waals surface area (Å²) >= 11 is 13.1. The highest BCUT2D eigenvalue weighted by atomic mass is 35.5. The zero-order valence-corrected chi connectivity index (χ0v) is 15.1. The molecule has 0 bridgehead atoms. The Kier molecular flexibility index (Phi) is 6.05. The number of thiophene rings is 1. The molecule has 0 saturated heterocycles. The summed E-state index contributed by atoms with van der Waals surface area (Å²) in [6.07, 6.45) is -0.131. The number of sulfonamides is 1. The van der Waals surface area contributed by atoms with Gasteiger partial charge in [0.15, 0.2) is 0 Å². The predicted octanol–water partition coefficient (Wildman–Crippen LogP) is 3.64. The summed E-state index contributed by atoms with van der Waals surface area (Å²) in [5, 5.41) is 2.08. The molecule has 124 valence electrons. The first kappa shape index (κ1) is 18.2. The van der Waals surface area contributed by atoms with Crippen molar-refractivity contribution in [2.75, 3.05) is 7.11 Å². The highest BCUT2D eigenvalue weighted by Gasteiger charge is 2.26. The predicted molar refractivity (Wildman–Crippen MR) is 90.5 cm³/mol. The summed E-state index contributed by atoms with van der Waals surface area (Å²) < 4.78 is 32.3. The first-order valence-electron chi connectivity index (χ1n) is 6.41. The van der Waals surface area contributed by atoms with Gasteiger partial charge >= 0.3 is 5.97 Å². The number of ether oxygens (including phenoxy) is 1. The maximum Gasteiger partial charge on any atom is 0.307 e. The Bertz CT molecular complexity index is 791. The lowest BCUT2D eigenvalue weighted by molar-refractivity contribution is -0.141. The van der Waals surface area contributed by atoms with Crippen LogP contribution in [-0.4, -0.2) is 21.5 Å². The third-order valence-corrected chi connectivity index (χ3v) is 6.14. The number of methoxy groups -OCH3 is 1. The van der Waals surface area contributed by atoms with E-state index < -0.39 is 22.0 Å². The average Bonchev–Trinajstić information content (AvgIpc) is 3.03. The number of hydrogen-bond donors (Lipinski definition) is 1. The minimum atomic E-state index is -3.96. The molecular formula is C14H13Cl2NO4S2. The fourth-order valence-electron chi connectivity index (χ4n) is 1.87. The van der Waals surface area contributed by atoms with E-state index in [0.717, 1.165) is 0 Å². The molecule has 0 saturated carbocycles. The molecule has 1 heterocycles. The van der Waals surface area contributed by atoms with E-state index in [2.05, 4.69) is 9.46 Å². The van der Waals surface area contributed by atoms with Gasteiger partial charge in [0.05, 0.1) is 24.6 Å². The minimum Gasteiger partial charge on any atom is -0.469 e. The molecule has 1 N–H and O–H groups in total. The molecule has 1 aromatic carbocycles. The summed E-state index contributed by atoms with van der Waals surface area (Å²) in [6, 6.07) is 6.91. The molecule has 1 aromatic heterocycles. The van der Waals surface area contributed by atoms with Crippen LogP contribution < -0.4 is 4.72 Å². The van der Waals surface area contributed by atoms with Gasteiger partial charge in [0.2, 0.25) is 10.0 Å². The number of rotatable bonds is 6. The van der Waals surface area contributed by atoms with Crippen molar-refractivity contribution in [1.82, 2.24) is 4.72 Å². The first-order chi connectivity index (χ1) is 10.8. The van der Waals surface area contributed by atoms with Crippen LogP contribution in [0.5, 0.6) is 0 Å². The summed E-state index contributed by atoms with van der Waals surface area (Å²) in [4.78, 5) is 12.1. The zero-order chi connectivity index (χ0) is 17.0. The van der Waals surface area contributed by atoms with E-state index in [9.17, 15) is 13.2 Å². The Labute approximate surface area is 148 Å². The molecule has 0 radical (unpaired) electrons. The van der Waals surface area contributed by atoms with Crippen LogP contribution in [-0.2, 0) is 19.6 Å². The second-order valence-corrected chi connectivity index (χ2v) is 8.05. The zero-order valence-electron chi connectivity index (χ0n) is 12.0. The van der Waals surface area contributed by atoms with Crippen molar-refractivity contribution in [3.05, 3.63) is 50.6 Å². The second kappa shape index (κ2) is 7.63. The maximum absolute atomic E-state index is 12.6. The Morgan fingerprint density at radius 3 is 2.70 bits per heavy atom. The van der Waals surface area contributed by atoms with E-state index in [4.69, 9.17) is 23.2 Å². The number of halogens is 2. The topological polar surface area (TPSA) is 72.5 Å². The van der Waals surface area contributed by atoms with E-state index in [1.165, 1.54) is 36.6 Å². The van der Waals surface area contributed by atoms with Crippen LogP contribution in [0.3, 0.4) is 0 Å². The van der Waals surface area contributed by atoms with Gasteiger partial charge in [-0.1, -0.05) is 29.3 Å². The van der Waals surface area contributed by atoms with Gasteiger partial charge in [0.25, 0.3) is 0 Å². The van der Waals surface area contributed by atoms with Gasteiger partial charge in [-0.25, -0.2) is 13.1 Å². The fourth-order valence-corrected chi connectivity index (χ4v) is 4.70. The molecule has 23 heavy (non-hydrogen) atoms. The molecule has 1 unspecified atom stereocenters. The van der Waals surface area contributed by atoms with Crippen LogP contribution in [0.2, 0.25) is 10.0 Å². The quantitative estimate of drug-likeness (QED) is 0.760. The molecule has 0 aliphatic rings. The SMILES string of the molecule is COC(=O)CC(NS(=O)(=O)c1cc(Cl)ccc1Cl)c1cccs1. The molecule has 9 heteroatoms. The van der Waals surface area contributed by atoms with Gasteiger partial charge in [0, 0.05) is 9.90 Å². The van der Waals surface area contributed by atoms with E-state index in [0.29, 0.717) is 4.88 Å². The smallest absolute Gasteiger partial charge is 0.307 e. The molecule has 0 fully saturated rings. The number of carbonyl (C=O) groups is 1. The molecule has 1 atom stereocenters. The van der Waals surface area contributed by atoms with Crippen LogP contribution in [0.15, 0.2) is 40.6 Å². The highest BCUT2D eigenvalue weighted by Crippen LogP contribution is 2.29. The van der Waals surface area contributed by atoms with Crippen LogP contribution in [0, 0.1) is 0 Å². The van der Waals surface area contributed by atoms with Crippen molar-refractivity contribution in [3.8, 4) is 0 Å². The normalized spacial score (nSPS) is 12.8. The van der Waals surface area contributed by atoms with Gasteiger partial charge in [-0.05, 0) is 29.6 Å². The van der Waals surface area contributed by atoms with Crippen molar-refractivity contribution in [3.63, 3.8) is 0 Å². The Morgan fingerprint density at radius 1 is 1.35 bits per heavy atom. The molecule has 0 amide bonds. The molecule has 5 nitrogen and oxygen atoms in total. The monoisotopic (exact) mass is 393 g/mol. The van der Waals surface area contributed by atoms with Crippen LogP contribution >= 0.6 is 34.5 Å². The van der Waals surface area contributed by atoms with Gasteiger partial charge in [0.1, 0.15) is 4.90 Å². The van der Waals surface area contributed by atoms with Crippen molar-refractivity contribution < 1.29 is 17.9 Å². The van der Waals surface area contributed by atoms with Gasteiger partial charge in [-0.3, -0.25) is 4.79 Å².